The van der Waals surface area contributed by atoms with E-state index >= 15 is 0 Å². The van der Waals surface area contributed by atoms with Gasteiger partial charge in [-0.2, -0.15) is 0 Å². The number of methoxy groups -OCH3 is 2. The third-order valence-corrected chi connectivity index (χ3v) is 6.67. The molecule has 0 N–H and O–H groups in total. The zero-order chi connectivity index (χ0) is 20.4. The van der Waals surface area contributed by atoms with Gasteiger partial charge in [0.15, 0.2) is 11.5 Å². The second-order valence-corrected chi connectivity index (χ2v) is 8.23. The Hall–Kier alpha value is -2.50. The normalized spacial score (nSPS) is 16.1. The minimum absolute atomic E-state index is 0.00890. The summed E-state index contributed by atoms with van der Waals surface area (Å²) in [5, 5.41) is 2.39. The number of benzene rings is 2. The predicted octanol–water partition coefficient (Wildman–Crippen LogP) is 6.06. The van der Waals surface area contributed by atoms with Crippen LogP contribution in [0.15, 0.2) is 53.9 Å². The van der Waals surface area contributed by atoms with E-state index in [1.54, 1.807) is 20.3 Å². The fraction of sp³-hybridized carbons (Fsp3) is 0.261. The summed E-state index contributed by atoms with van der Waals surface area (Å²) in [6.45, 7) is 0.734. The number of ether oxygens (including phenoxy) is 2. The molecule has 3 aromatic rings. The van der Waals surface area contributed by atoms with E-state index in [0.29, 0.717) is 21.4 Å². The molecule has 1 aliphatic heterocycles. The van der Waals surface area contributed by atoms with Gasteiger partial charge < -0.3 is 14.4 Å². The van der Waals surface area contributed by atoms with Gasteiger partial charge in [-0.05, 0) is 53.1 Å². The molecule has 1 atom stereocenters. The molecular weight excluding hydrogens is 406 g/mol. The zero-order valence-electron chi connectivity index (χ0n) is 16.4. The quantitative estimate of drug-likeness (QED) is 0.496. The fourth-order valence-corrected chi connectivity index (χ4v) is 5.06. The highest BCUT2D eigenvalue weighted by Gasteiger charge is 2.33. The number of thiophene rings is 1. The highest BCUT2D eigenvalue weighted by molar-refractivity contribution is 7.12. The molecule has 4 rings (SSSR count). The van der Waals surface area contributed by atoms with E-state index in [-0.39, 0.29) is 11.9 Å². The van der Waals surface area contributed by atoms with E-state index in [1.165, 1.54) is 11.3 Å². The van der Waals surface area contributed by atoms with Crippen LogP contribution in [0.25, 0.3) is 11.1 Å². The number of hydrogen-bond donors (Lipinski definition) is 0. The number of hydrogen-bond acceptors (Lipinski definition) is 4. The first-order valence-electron chi connectivity index (χ1n) is 9.49. The smallest absolute Gasteiger partial charge is 0.265 e. The van der Waals surface area contributed by atoms with Gasteiger partial charge in [-0.3, -0.25) is 4.79 Å². The summed E-state index contributed by atoms with van der Waals surface area (Å²) in [6.07, 6.45) is 1.90. The molecule has 150 valence electrons. The lowest BCUT2D eigenvalue weighted by molar-refractivity contribution is 0.0741. The van der Waals surface area contributed by atoms with Gasteiger partial charge in [0.05, 0.1) is 25.3 Å². The number of rotatable bonds is 5. The first kappa shape index (κ1) is 19.8. The molecule has 1 aliphatic rings. The van der Waals surface area contributed by atoms with Crippen LogP contribution < -0.4 is 9.47 Å². The van der Waals surface area contributed by atoms with Gasteiger partial charge in [0.2, 0.25) is 0 Å². The van der Waals surface area contributed by atoms with E-state index in [1.807, 2.05) is 40.6 Å². The molecule has 2 heterocycles. The Morgan fingerprint density at radius 1 is 1.10 bits per heavy atom. The molecule has 6 heteroatoms. The molecule has 2 aromatic carbocycles. The minimum Gasteiger partial charge on any atom is -0.493 e. The lowest BCUT2D eigenvalue weighted by Gasteiger charge is -2.27. The molecule has 0 bridgehead atoms. The van der Waals surface area contributed by atoms with Crippen molar-refractivity contribution in [2.75, 3.05) is 20.8 Å². The largest absolute Gasteiger partial charge is 0.493 e. The topological polar surface area (TPSA) is 38.8 Å². The van der Waals surface area contributed by atoms with Gasteiger partial charge in [0.1, 0.15) is 4.88 Å². The molecule has 0 aliphatic carbocycles. The Kier molecular flexibility index (Phi) is 5.79. The van der Waals surface area contributed by atoms with E-state index < -0.39 is 0 Å². The second-order valence-electron chi connectivity index (χ2n) is 6.91. The number of amides is 1. The number of carbonyl (C=O) groups excluding carboxylic acids is 1. The number of carbonyl (C=O) groups is 1. The zero-order valence-corrected chi connectivity index (χ0v) is 17.9. The average molecular weight is 428 g/mol. The Balaban J connectivity index is 1.73. The number of likely N-dealkylation sites (tertiary alicyclic amines) is 1. The minimum atomic E-state index is 0.00890. The van der Waals surface area contributed by atoms with Crippen LogP contribution in [0.5, 0.6) is 11.5 Å². The predicted molar refractivity (Wildman–Crippen MR) is 117 cm³/mol. The first-order valence-corrected chi connectivity index (χ1v) is 10.7. The van der Waals surface area contributed by atoms with Crippen LogP contribution in [0.2, 0.25) is 5.02 Å². The molecule has 1 amide bonds. The highest BCUT2D eigenvalue weighted by Crippen LogP contribution is 2.41. The summed E-state index contributed by atoms with van der Waals surface area (Å²) in [5.41, 5.74) is 3.26. The molecule has 1 unspecified atom stereocenters. The number of halogens is 1. The molecule has 1 aromatic heterocycles. The molecule has 4 nitrogen and oxygen atoms in total. The average Bonchev–Trinajstić information content (AvgIpc) is 3.42. The maximum atomic E-state index is 13.2. The summed E-state index contributed by atoms with van der Waals surface area (Å²) >= 11 is 7.63. The Morgan fingerprint density at radius 2 is 1.90 bits per heavy atom. The monoisotopic (exact) mass is 427 g/mol. The Bertz CT molecular complexity index is 1030. The van der Waals surface area contributed by atoms with Gasteiger partial charge in [-0.25, -0.2) is 0 Å². The van der Waals surface area contributed by atoms with Crippen molar-refractivity contribution in [2.45, 2.75) is 18.9 Å². The van der Waals surface area contributed by atoms with Gasteiger partial charge in [0.25, 0.3) is 5.91 Å². The van der Waals surface area contributed by atoms with Crippen LogP contribution in [0.4, 0.5) is 0 Å². The van der Waals surface area contributed by atoms with Crippen LogP contribution in [-0.4, -0.2) is 31.6 Å². The third-order valence-electron chi connectivity index (χ3n) is 5.34. The highest BCUT2D eigenvalue weighted by atomic mass is 35.5. The summed E-state index contributed by atoms with van der Waals surface area (Å²) in [7, 11) is 3.26. The van der Waals surface area contributed by atoms with Crippen molar-refractivity contribution in [3.8, 4) is 22.6 Å². The summed E-state index contributed by atoms with van der Waals surface area (Å²) in [5.74, 6) is 1.39. The van der Waals surface area contributed by atoms with Crippen LogP contribution in [0.1, 0.15) is 34.1 Å². The lowest BCUT2D eigenvalue weighted by atomic mass is 9.93. The SMILES string of the molecule is COc1ccc(-c2ccccc2C2CCCN2C(=O)c2sccc2Cl)cc1OC. The molecule has 1 saturated heterocycles. The van der Waals surface area contributed by atoms with Gasteiger partial charge in [-0.1, -0.05) is 41.9 Å². The van der Waals surface area contributed by atoms with Gasteiger partial charge >= 0.3 is 0 Å². The van der Waals surface area contributed by atoms with E-state index in [9.17, 15) is 4.79 Å². The summed E-state index contributed by atoms with van der Waals surface area (Å²) in [6, 6.07) is 16.0. The maximum Gasteiger partial charge on any atom is 0.265 e. The van der Waals surface area contributed by atoms with Crippen LogP contribution >= 0.6 is 22.9 Å². The first-order chi connectivity index (χ1) is 14.1. The Labute approximate surface area is 179 Å². The molecule has 1 fully saturated rings. The standard InChI is InChI=1S/C23H22ClNO3S/c1-27-20-10-9-15(14-21(20)28-2)16-6-3-4-7-17(16)19-8-5-12-25(19)23(26)22-18(24)11-13-29-22/h3-4,6-7,9-11,13-14,19H,5,8,12H2,1-2H3. The molecule has 0 saturated carbocycles. The van der Waals surface area contributed by atoms with Gasteiger partial charge in [-0.15, -0.1) is 11.3 Å². The van der Waals surface area contributed by atoms with Crippen molar-refractivity contribution >= 4 is 28.8 Å². The van der Waals surface area contributed by atoms with Crippen molar-refractivity contribution in [1.82, 2.24) is 4.90 Å². The van der Waals surface area contributed by atoms with Crippen LogP contribution in [0, 0.1) is 0 Å². The maximum absolute atomic E-state index is 13.2. The molecular formula is C23H22ClNO3S. The Morgan fingerprint density at radius 3 is 2.62 bits per heavy atom. The van der Waals surface area contributed by atoms with Crippen molar-refractivity contribution in [2.24, 2.45) is 0 Å². The second kappa shape index (κ2) is 8.47. The van der Waals surface area contributed by atoms with Crippen molar-refractivity contribution in [1.29, 1.82) is 0 Å². The summed E-state index contributed by atoms with van der Waals surface area (Å²) in [4.78, 5) is 15.7. The fourth-order valence-electron chi connectivity index (χ4n) is 3.96. The number of nitrogens with zero attached hydrogens (tertiary/aromatic N) is 1. The van der Waals surface area contributed by atoms with Crippen molar-refractivity contribution < 1.29 is 14.3 Å². The molecule has 29 heavy (non-hydrogen) atoms. The third kappa shape index (κ3) is 3.72. The van der Waals surface area contributed by atoms with Crippen LogP contribution in [-0.2, 0) is 0 Å². The lowest BCUT2D eigenvalue weighted by Crippen LogP contribution is -2.30. The van der Waals surface area contributed by atoms with E-state index in [4.69, 9.17) is 21.1 Å². The molecule has 0 radical (unpaired) electrons. The van der Waals surface area contributed by atoms with E-state index in [2.05, 4.69) is 12.1 Å². The van der Waals surface area contributed by atoms with Crippen molar-refractivity contribution in [3.63, 3.8) is 0 Å². The van der Waals surface area contributed by atoms with Crippen molar-refractivity contribution in [3.05, 3.63) is 69.4 Å². The van der Waals surface area contributed by atoms with Gasteiger partial charge in [0, 0.05) is 6.54 Å². The molecule has 0 spiro atoms. The van der Waals surface area contributed by atoms with Crippen LogP contribution in [0.3, 0.4) is 0 Å². The van der Waals surface area contributed by atoms with E-state index in [0.717, 1.165) is 36.1 Å². The summed E-state index contributed by atoms with van der Waals surface area (Å²) < 4.78 is 10.9.